The van der Waals surface area contributed by atoms with Gasteiger partial charge in [0.1, 0.15) is 11.6 Å². The van der Waals surface area contributed by atoms with Crippen molar-refractivity contribution in [3.8, 4) is 6.07 Å². The zero-order valence-electron chi connectivity index (χ0n) is 11.8. The van der Waals surface area contributed by atoms with Gasteiger partial charge >= 0.3 is 0 Å². The summed E-state index contributed by atoms with van der Waals surface area (Å²) < 4.78 is 7.12. The summed E-state index contributed by atoms with van der Waals surface area (Å²) in [5.41, 5.74) is 2.81. The van der Waals surface area contributed by atoms with Crippen LogP contribution in [-0.2, 0) is 29.6 Å². The Balaban J connectivity index is 2.31. The Morgan fingerprint density at radius 3 is 3.15 bits per heavy atom. The summed E-state index contributed by atoms with van der Waals surface area (Å²) in [5.74, 6) is -0.346. The zero-order chi connectivity index (χ0) is 14.5. The van der Waals surface area contributed by atoms with E-state index in [9.17, 15) is 4.79 Å². The first-order valence-electron chi connectivity index (χ1n) is 6.69. The maximum atomic E-state index is 11.9. The van der Waals surface area contributed by atoms with E-state index in [-0.39, 0.29) is 11.5 Å². The van der Waals surface area contributed by atoms with E-state index < -0.39 is 0 Å². The Labute approximate surface area is 118 Å². The first-order chi connectivity index (χ1) is 9.67. The molecule has 0 aliphatic carbocycles. The molecule has 0 bridgehead atoms. The van der Waals surface area contributed by atoms with E-state index in [0.717, 1.165) is 29.8 Å². The third-order valence-corrected chi connectivity index (χ3v) is 3.19. The van der Waals surface area contributed by atoms with E-state index in [0.29, 0.717) is 19.8 Å². The Kier molecular flexibility index (Phi) is 4.53. The molecule has 0 radical (unpaired) electrons. The van der Waals surface area contributed by atoms with Crippen molar-refractivity contribution >= 4 is 12.0 Å². The largest absolute Gasteiger partial charge is 0.376 e. The second kappa shape index (κ2) is 6.35. The highest BCUT2D eigenvalue weighted by Gasteiger charge is 2.20. The first-order valence-corrected chi connectivity index (χ1v) is 6.69. The molecule has 20 heavy (non-hydrogen) atoms. The van der Waals surface area contributed by atoms with Gasteiger partial charge in [-0.2, -0.15) is 10.4 Å². The third kappa shape index (κ3) is 2.89. The van der Waals surface area contributed by atoms with E-state index in [1.807, 2.05) is 20.0 Å². The second-order valence-electron chi connectivity index (χ2n) is 4.66. The zero-order valence-corrected chi connectivity index (χ0v) is 11.8. The van der Waals surface area contributed by atoms with E-state index in [1.165, 1.54) is 0 Å². The second-order valence-corrected chi connectivity index (χ2v) is 4.66. The summed E-state index contributed by atoms with van der Waals surface area (Å²) in [6.07, 6.45) is 3.19. The molecule has 1 N–H and O–H groups in total. The van der Waals surface area contributed by atoms with Gasteiger partial charge in [-0.15, -0.1) is 0 Å². The lowest BCUT2D eigenvalue weighted by molar-refractivity contribution is -0.117. The van der Waals surface area contributed by atoms with Gasteiger partial charge in [0.25, 0.3) is 5.91 Å². The van der Waals surface area contributed by atoms with E-state index >= 15 is 0 Å². The molecular weight excluding hydrogens is 256 g/mol. The Bertz CT molecular complexity index is 581. The van der Waals surface area contributed by atoms with E-state index in [4.69, 9.17) is 10.00 Å². The highest BCUT2D eigenvalue weighted by atomic mass is 16.5. The van der Waals surface area contributed by atoms with Crippen LogP contribution < -0.4 is 5.32 Å². The Hall–Kier alpha value is -2.13. The highest BCUT2D eigenvalue weighted by molar-refractivity contribution is 6.01. The molecule has 6 nitrogen and oxygen atoms in total. The molecule has 0 fully saturated rings. The number of nitriles is 1. The van der Waals surface area contributed by atoms with Gasteiger partial charge in [-0.25, -0.2) is 0 Å². The molecule has 0 atom stereocenters. The number of carbonyl (C=O) groups excluding carboxylic acids is 1. The molecule has 2 rings (SSSR count). The molecule has 1 aliphatic heterocycles. The molecule has 1 aromatic rings. The number of carbonyl (C=O) groups is 1. The van der Waals surface area contributed by atoms with Crippen molar-refractivity contribution in [3.05, 3.63) is 22.5 Å². The maximum Gasteiger partial charge on any atom is 0.262 e. The predicted molar refractivity (Wildman–Crippen MR) is 73.5 cm³/mol. The summed E-state index contributed by atoms with van der Waals surface area (Å²) in [5, 5.41) is 16.3. The molecule has 6 heteroatoms. The Morgan fingerprint density at radius 1 is 1.65 bits per heavy atom. The highest BCUT2D eigenvalue weighted by Crippen LogP contribution is 2.22. The lowest BCUT2D eigenvalue weighted by Crippen LogP contribution is -2.25. The van der Waals surface area contributed by atoms with Gasteiger partial charge in [0.15, 0.2) is 0 Å². The van der Waals surface area contributed by atoms with Crippen molar-refractivity contribution in [2.75, 3.05) is 13.2 Å². The molecular formula is C14H18N4O2. The fraction of sp³-hybridized carbons (Fsp3) is 0.500. The van der Waals surface area contributed by atoms with Gasteiger partial charge in [0.05, 0.1) is 24.6 Å². The summed E-state index contributed by atoms with van der Waals surface area (Å²) in [6, 6.07) is 1.95. The van der Waals surface area contributed by atoms with E-state index in [2.05, 4.69) is 10.4 Å². The number of hydrogen-bond acceptors (Lipinski definition) is 4. The SMILES string of the molecule is CCCNC(=O)/C(C#N)=C/c1c2c(nn1C)CCOC2. The molecule has 2 heterocycles. The normalized spacial score (nSPS) is 14.6. The van der Waals surface area contributed by atoms with Crippen LogP contribution in [0, 0.1) is 11.3 Å². The average Bonchev–Trinajstić information content (AvgIpc) is 2.77. The molecule has 1 aliphatic rings. The summed E-state index contributed by atoms with van der Waals surface area (Å²) in [4.78, 5) is 11.9. The van der Waals surface area contributed by atoms with E-state index in [1.54, 1.807) is 10.8 Å². The predicted octanol–water partition coefficient (Wildman–Crippen LogP) is 0.926. The molecule has 0 spiro atoms. The van der Waals surface area contributed by atoms with Crippen molar-refractivity contribution in [1.29, 1.82) is 5.26 Å². The number of fused-ring (bicyclic) bond motifs is 1. The molecule has 106 valence electrons. The van der Waals surface area contributed by atoms with Crippen molar-refractivity contribution in [3.63, 3.8) is 0 Å². The van der Waals surface area contributed by atoms with Crippen molar-refractivity contribution in [2.24, 2.45) is 7.05 Å². The number of amides is 1. The average molecular weight is 274 g/mol. The molecule has 1 amide bonds. The van der Waals surface area contributed by atoms with Gasteiger partial charge in [-0.3, -0.25) is 9.48 Å². The van der Waals surface area contributed by atoms with Crippen LogP contribution in [0.2, 0.25) is 0 Å². The number of rotatable bonds is 4. The van der Waals surface area contributed by atoms with Crippen LogP contribution in [0.4, 0.5) is 0 Å². The maximum absolute atomic E-state index is 11.9. The van der Waals surface area contributed by atoms with Crippen LogP contribution in [-0.4, -0.2) is 28.8 Å². The fourth-order valence-electron chi connectivity index (χ4n) is 2.14. The lowest BCUT2D eigenvalue weighted by Gasteiger charge is -2.11. The van der Waals surface area contributed by atoms with Crippen molar-refractivity contribution in [1.82, 2.24) is 15.1 Å². The van der Waals surface area contributed by atoms with Crippen LogP contribution in [0.3, 0.4) is 0 Å². The minimum atomic E-state index is -0.346. The van der Waals surface area contributed by atoms with Gasteiger partial charge < -0.3 is 10.1 Å². The van der Waals surface area contributed by atoms with Crippen molar-refractivity contribution in [2.45, 2.75) is 26.4 Å². The summed E-state index contributed by atoms with van der Waals surface area (Å²) in [6.45, 7) is 3.66. The van der Waals surface area contributed by atoms with Crippen LogP contribution in [0.25, 0.3) is 6.08 Å². The number of hydrogen-bond donors (Lipinski definition) is 1. The van der Waals surface area contributed by atoms with Gasteiger partial charge in [-0.1, -0.05) is 6.92 Å². The number of nitrogens with zero attached hydrogens (tertiary/aromatic N) is 3. The molecule has 0 unspecified atom stereocenters. The summed E-state index contributed by atoms with van der Waals surface area (Å²) in [7, 11) is 1.81. The third-order valence-electron chi connectivity index (χ3n) is 3.19. The molecule has 0 saturated carbocycles. The molecule has 1 aromatic heterocycles. The Morgan fingerprint density at radius 2 is 2.45 bits per heavy atom. The van der Waals surface area contributed by atoms with Crippen LogP contribution in [0.1, 0.15) is 30.3 Å². The summed E-state index contributed by atoms with van der Waals surface area (Å²) >= 11 is 0. The minimum absolute atomic E-state index is 0.0924. The number of aromatic nitrogens is 2. The minimum Gasteiger partial charge on any atom is -0.376 e. The monoisotopic (exact) mass is 274 g/mol. The first kappa shape index (κ1) is 14.3. The van der Waals surface area contributed by atoms with Crippen LogP contribution in [0.15, 0.2) is 5.57 Å². The smallest absolute Gasteiger partial charge is 0.262 e. The van der Waals surface area contributed by atoms with Crippen molar-refractivity contribution < 1.29 is 9.53 Å². The van der Waals surface area contributed by atoms with Crippen LogP contribution in [0.5, 0.6) is 0 Å². The molecule has 0 aromatic carbocycles. The van der Waals surface area contributed by atoms with Gasteiger partial charge in [0.2, 0.25) is 0 Å². The fourth-order valence-corrected chi connectivity index (χ4v) is 2.14. The van der Waals surface area contributed by atoms with Crippen LogP contribution >= 0.6 is 0 Å². The number of nitrogens with one attached hydrogen (secondary N) is 1. The number of ether oxygens (including phenoxy) is 1. The molecule has 0 saturated heterocycles. The topological polar surface area (TPSA) is 79.9 Å². The standard InChI is InChI=1S/C14H18N4O2/c1-3-5-16-14(19)10(8-15)7-13-11-9-20-6-4-12(11)17-18(13)2/h7H,3-6,9H2,1-2H3,(H,16,19)/b10-7+. The quantitative estimate of drug-likeness (QED) is 0.654. The van der Waals surface area contributed by atoms with Gasteiger partial charge in [-0.05, 0) is 12.5 Å². The lowest BCUT2D eigenvalue weighted by atomic mass is 10.1. The van der Waals surface area contributed by atoms with Gasteiger partial charge in [0, 0.05) is 25.6 Å². The number of aryl methyl sites for hydroxylation is 1.